The van der Waals surface area contributed by atoms with Gasteiger partial charge in [0.05, 0.1) is 23.6 Å². The molecule has 0 saturated heterocycles. The highest BCUT2D eigenvalue weighted by molar-refractivity contribution is 5.45. The third-order valence-electron chi connectivity index (χ3n) is 3.72. The van der Waals surface area contributed by atoms with Crippen LogP contribution in [-0.4, -0.2) is 19.6 Å². The lowest BCUT2D eigenvalue weighted by Gasteiger charge is -2.14. The summed E-state index contributed by atoms with van der Waals surface area (Å²) < 4.78 is 4.12. The molecule has 2 aromatic rings. The zero-order valence-corrected chi connectivity index (χ0v) is 13.8. The average molecular weight is 289 g/mol. The maximum atomic E-state index is 4.56. The van der Waals surface area contributed by atoms with Crippen LogP contribution in [0.3, 0.4) is 0 Å². The SMILES string of the molecule is CC[C@@H](C)n1nccc1CNc1cn(CC(C)C)nc1C. The Labute approximate surface area is 127 Å². The Bertz CT molecular complexity index is 567. The number of rotatable bonds is 7. The van der Waals surface area contributed by atoms with Gasteiger partial charge in [-0.2, -0.15) is 10.2 Å². The van der Waals surface area contributed by atoms with Gasteiger partial charge in [0, 0.05) is 25.0 Å². The number of nitrogens with one attached hydrogen (secondary N) is 1. The highest BCUT2D eigenvalue weighted by Gasteiger charge is 2.10. The monoisotopic (exact) mass is 289 g/mol. The molecular formula is C16H27N5. The maximum Gasteiger partial charge on any atom is 0.0825 e. The van der Waals surface area contributed by atoms with Crippen LogP contribution in [-0.2, 0) is 13.1 Å². The Kier molecular flexibility index (Phi) is 5.04. The van der Waals surface area contributed by atoms with Gasteiger partial charge in [0.1, 0.15) is 0 Å². The van der Waals surface area contributed by atoms with Crippen molar-refractivity contribution >= 4 is 5.69 Å². The fraction of sp³-hybridized carbons (Fsp3) is 0.625. The summed E-state index contributed by atoms with van der Waals surface area (Å²) in [5.41, 5.74) is 3.36. The molecule has 2 rings (SSSR count). The Hall–Kier alpha value is -1.78. The van der Waals surface area contributed by atoms with Crippen LogP contribution in [0, 0.1) is 12.8 Å². The Morgan fingerprint density at radius 2 is 2.05 bits per heavy atom. The molecule has 2 aromatic heterocycles. The molecular weight excluding hydrogens is 262 g/mol. The smallest absolute Gasteiger partial charge is 0.0825 e. The van der Waals surface area contributed by atoms with E-state index in [-0.39, 0.29) is 0 Å². The van der Waals surface area contributed by atoms with Crippen LogP contribution in [0.25, 0.3) is 0 Å². The third-order valence-corrected chi connectivity index (χ3v) is 3.72. The summed E-state index contributed by atoms with van der Waals surface area (Å²) in [5, 5.41) is 12.5. The molecule has 2 heterocycles. The number of hydrogen-bond donors (Lipinski definition) is 1. The summed E-state index contributed by atoms with van der Waals surface area (Å²) in [7, 11) is 0. The fourth-order valence-electron chi connectivity index (χ4n) is 2.40. The van der Waals surface area contributed by atoms with Gasteiger partial charge in [-0.25, -0.2) is 0 Å². The first-order valence-corrected chi connectivity index (χ1v) is 7.81. The molecule has 0 spiro atoms. The van der Waals surface area contributed by atoms with E-state index in [1.165, 1.54) is 5.69 Å². The van der Waals surface area contributed by atoms with E-state index in [1.807, 2.05) is 17.8 Å². The van der Waals surface area contributed by atoms with Crippen molar-refractivity contribution in [2.75, 3.05) is 5.32 Å². The second kappa shape index (κ2) is 6.78. The van der Waals surface area contributed by atoms with Gasteiger partial charge in [-0.3, -0.25) is 9.36 Å². The first-order chi connectivity index (χ1) is 10.0. The minimum Gasteiger partial charge on any atom is -0.377 e. The molecule has 0 amide bonds. The van der Waals surface area contributed by atoms with Gasteiger partial charge < -0.3 is 5.32 Å². The van der Waals surface area contributed by atoms with Crippen molar-refractivity contribution < 1.29 is 0 Å². The van der Waals surface area contributed by atoms with E-state index in [0.29, 0.717) is 12.0 Å². The average Bonchev–Trinajstić information content (AvgIpc) is 3.01. The molecule has 21 heavy (non-hydrogen) atoms. The first-order valence-electron chi connectivity index (χ1n) is 7.81. The van der Waals surface area contributed by atoms with E-state index in [9.17, 15) is 0 Å². The normalized spacial score (nSPS) is 12.9. The first kappa shape index (κ1) is 15.6. The van der Waals surface area contributed by atoms with Crippen LogP contribution in [0.2, 0.25) is 0 Å². The van der Waals surface area contributed by atoms with Crippen molar-refractivity contribution in [3.8, 4) is 0 Å². The molecule has 0 unspecified atom stereocenters. The largest absolute Gasteiger partial charge is 0.377 e. The summed E-state index contributed by atoms with van der Waals surface area (Å²) in [4.78, 5) is 0. The number of nitrogens with zero attached hydrogens (tertiary/aromatic N) is 4. The molecule has 0 bridgehead atoms. The van der Waals surface area contributed by atoms with Gasteiger partial charge in [-0.1, -0.05) is 20.8 Å². The van der Waals surface area contributed by atoms with E-state index < -0.39 is 0 Å². The summed E-state index contributed by atoms with van der Waals surface area (Å²) in [6.07, 6.45) is 5.05. The van der Waals surface area contributed by atoms with Crippen molar-refractivity contribution in [1.29, 1.82) is 0 Å². The molecule has 0 aliphatic heterocycles. The second-order valence-corrected chi connectivity index (χ2v) is 6.12. The third kappa shape index (κ3) is 3.86. The molecule has 1 N–H and O–H groups in total. The number of hydrogen-bond acceptors (Lipinski definition) is 3. The van der Waals surface area contributed by atoms with Crippen LogP contribution in [0.1, 0.15) is 51.5 Å². The van der Waals surface area contributed by atoms with Gasteiger partial charge >= 0.3 is 0 Å². The van der Waals surface area contributed by atoms with Crippen molar-refractivity contribution in [2.45, 2.75) is 60.2 Å². The molecule has 0 saturated carbocycles. The van der Waals surface area contributed by atoms with Gasteiger partial charge in [-0.15, -0.1) is 0 Å². The maximum absolute atomic E-state index is 4.56. The zero-order chi connectivity index (χ0) is 15.4. The quantitative estimate of drug-likeness (QED) is 0.846. The number of aromatic nitrogens is 4. The highest BCUT2D eigenvalue weighted by atomic mass is 15.3. The topological polar surface area (TPSA) is 47.7 Å². The summed E-state index contributed by atoms with van der Waals surface area (Å²) in [5.74, 6) is 0.601. The number of anilines is 1. The van der Waals surface area contributed by atoms with Gasteiger partial charge in [0.2, 0.25) is 0 Å². The van der Waals surface area contributed by atoms with Crippen molar-refractivity contribution in [3.05, 3.63) is 29.8 Å². The minimum absolute atomic E-state index is 0.432. The van der Waals surface area contributed by atoms with Gasteiger partial charge in [0.25, 0.3) is 0 Å². The van der Waals surface area contributed by atoms with E-state index in [4.69, 9.17) is 0 Å². The molecule has 0 aromatic carbocycles. The lowest BCUT2D eigenvalue weighted by Crippen LogP contribution is -2.12. The lowest BCUT2D eigenvalue weighted by atomic mass is 10.2. The molecule has 0 radical (unpaired) electrons. The molecule has 0 fully saturated rings. The van der Waals surface area contributed by atoms with Gasteiger partial charge in [0.15, 0.2) is 0 Å². The van der Waals surface area contributed by atoms with Crippen LogP contribution >= 0.6 is 0 Å². The Balaban J connectivity index is 2.03. The van der Waals surface area contributed by atoms with Crippen molar-refractivity contribution in [2.24, 2.45) is 5.92 Å². The van der Waals surface area contributed by atoms with Crippen LogP contribution in [0.4, 0.5) is 5.69 Å². The van der Waals surface area contributed by atoms with Crippen LogP contribution in [0.5, 0.6) is 0 Å². The Morgan fingerprint density at radius 3 is 2.71 bits per heavy atom. The molecule has 0 aliphatic rings. The van der Waals surface area contributed by atoms with E-state index in [0.717, 1.165) is 30.9 Å². The van der Waals surface area contributed by atoms with Gasteiger partial charge in [-0.05, 0) is 32.3 Å². The molecule has 5 heteroatoms. The molecule has 0 aliphatic carbocycles. The zero-order valence-electron chi connectivity index (χ0n) is 13.8. The van der Waals surface area contributed by atoms with E-state index in [2.05, 4.69) is 60.2 Å². The van der Waals surface area contributed by atoms with Crippen LogP contribution < -0.4 is 5.32 Å². The predicted molar refractivity (Wildman–Crippen MR) is 86.4 cm³/mol. The summed E-state index contributed by atoms with van der Waals surface area (Å²) >= 11 is 0. The highest BCUT2D eigenvalue weighted by Crippen LogP contribution is 2.17. The second-order valence-electron chi connectivity index (χ2n) is 6.12. The van der Waals surface area contributed by atoms with E-state index in [1.54, 1.807) is 0 Å². The predicted octanol–water partition coefficient (Wildman–Crippen LogP) is 3.63. The summed E-state index contributed by atoms with van der Waals surface area (Å²) in [6.45, 7) is 12.6. The van der Waals surface area contributed by atoms with Crippen molar-refractivity contribution in [3.63, 3.8) is 0 Å². The molecule has 1 atom stereocenters. The van der Waals surface area contributed by atoms with E-state index >= 15 is 0 Å². The minimum atomic E-state index is 0.432. The fourth-order valence-corrected chi connectivity index (χ4v) is 2.40. The number of aryl methyl sites for hydroxylation is 1. The lowest BCUT2D eigenvalue weighted by molar-refractivity contribution is 0.462. The summed E-state index contributed by atoms with van der Waals surface area (Å²) in [6, 6.07) is 2.51. The van der Waals surface area contributed by atoms with Crippen molar-refractivity contribution in [1.82, 2.24) is 19.6 Å². The molecule has 116 valence electrons. The standard InChI is InChI=1S/C16H27N5/c1-6-13(4)21-15(7-8-18-21)9-17-16-11-20(10-12(2)3)19-14(16)5/h7-8,11-13,17H,6,9-10H2,1-5H3/t13-/m1/s1. The Morgan fingerprint density at radius 1 is 1.29 bits per heavy atom. The molecule has 5 nitrogen and oxygen atoms in total. The van der Waals surface area contributed by atoms with Crippen LogP contribution in [0.15, 0.2) is 18.5 Å².